The van der Waals surface area contributed by atoms with Crippen LogP contribution in [0.15, 0.2) is 42.6 Å². The van der Waals surface area contributed by atoms with Gasteiger partial charge in [0.15, 0.2) is 0 Å². The van der Waals surface area contributed by atoms with Crippen LogP contribution >= 0.6 is 0 Å². The maximum Gasteiger partial charge on any atom is 0.123 e. The highest BCUT2D eigenvalue weighted by atomic mass is 16.5. The molecule has 128 valence electrons. The monoisotopic (exact) mass is 333 g/mol. The Morgan fingerprint density at radius 2 is 1.96 bits per heavy atom. The molecule has 2 aliphatic heterocycles. The van der Waals surface area contributed by atoms with Gasteiger partial charge >= 0.3 is 0 Å². The zero-order chi connectivity index (χ0) is 16.9. The highest BCUT2D eigenvalue weighted by molar-refractivity contribution is 5.70. The van der Waals surface area contributed by atoms with E-state index in [2.05, 4.69) is 47.7 Å². The van der Waals surface area contributed by atoms with Crippen molar-refractivity contribution < 1.29 is 4.74 Å². The van der Waals surface area contributed by atoms with Crippen molar-refractivity contribution in [2.24, 2.45) is 0 Å². The van der Waals surface area contributed by atoms with Crippen LogP contribution in [0.25, 0.3) is 16.6 Å². The van der Waals surface area contributed by atoms with E-state index in [0.717, 1.165) is 50.0 Å². The van der Waals surface area contributed by atoms with E-state index in [9.17, 15) is 0 Å². The zero-order valence-electron chi connectivity index (χ0n) is 14.6. The number of benzene rings is 1. The van der Waals surface area contributed by atoms with Crippen molar-refractivity contribution in [3.05, 3.63) is 53.9 Å². The number of rotatable bonds is 1. The van der Waals surface area contributed by atoms with Gasteiger partial charge in [-0.3, -0.25) is 0 Å². The summed E-state index contributed by atoms with van der Waals surface area (Å²) in [7, 11) is 0. The molecule has 0 unspecified atom stereocenters. The number of fused-ring (bicyclic) bond motifs is 2. The minimum atomic E-state index is 0.0592. The second-order valence-electron chi connectivity index (χ2n) is 7.36. The van der Waals surface area contributed by atoms with Gasteiger partial charge in [0.05, 0.1) is 5.52 Å². The Labute approximate surface area is 147 Å². The van der Waals surface area contributed by atoms with Gasteiger partial charge < -0.3 is 10.1 Å². The van der Waals surface area contributed by atoms with Crippen molar-refractivity contribution in [3.63, 3.8) is 0 Å². The van der Waals surface area contributed by atoms with Crippen LogP contribution in [0.4, 0.5) is 0 Å². The molecule has 0 bridgehead atoms. The van der Waals surface area contributed by atoms with Gasteiger partial charge in [-0.05, 0) is 81.1 Å². The maximum absolute atomic E-state index is 6.48. The van der Waals surface area contributed by atoms with E-state index in [-0.39, 0.29) is 5.60 Å². The summed E-state index contributed by atoms with van der Waals surface area (Å²) in [5.41, 5.74) is 6.19. The molecule has 3 aromatic rings. The van der Waals surface area contributed by atoms with Crippen molar-refractivity contribution in [2.45, 2.75) is 38.2 Å². The maximum atomic E-state index is 6.48. The van der Waals surface area contributed by atoms with E-state index in [1.165, 1.54) is 22.4 Å². The fraction of sp³-hybridized carbons (Fsp3) is 0.381. The third kappa shape index (κ3) is 2.44. The van der Waals surface area contributed by atoms with Crippen LogP contribution < -0.4 is 10.1 Å². The molecule has 1 spiro atoms. The Hall–Kier alpha value is -2.33. The van der Waals surface area contributed by atoms with Crippen molar-refractivity contribution in [2.75, 3.05) is 13.1 Å². The van der Waals surface area contributed by atoms with Crippen LogP contribution in [0, 0.1) is 6.92 Å². The summed E-state index contributed by atoms with van der Waals surface area (Å²) in [6, 6.07) is 13.0. The average Bonchev–Trinajstić information content (AvgIpc) is 3.12. The van der Waals surface area contributed by atoms with Crippen LogP contribution in [-0.2, 0) is 6.42 Å². The Morgan fingerprint density at radius 1 is 1.08 bits per heavy atom. The Kier molecular flexibility index (Phi) is 3.35. The summed E-state index contributed by atoms with van der Waals surface area (Å²) in [6.45, 7) is 4.27. The summed E-state index contributed by atoms with van der Waals surface area (Å²) in [4.78, 5) is 0. The Balaban J connectivity index is 1.51. The third-order valence-electron chi connectivity index (χ3n) is 5.86. The lowest BCUT2D eigenvalue weighted by molar-refractivity contribution is 0.0170. The van der Waals surface area contributed by atoms with E-state index in [1.807, 2.05) is 16.8 Å². The molecule has 25 heavy (non-hydrogen) atoms. The van der Waals surface area contributed by atoms with Gasteiger partial charge in [0.1, 0.15) is 11.4 Å². The first-order chi connectivity index (χ1) is 12.2. The summed E-state index contributed by atoms with van der Waals surface area (Å²) >= 11 is 0. The molecule has 0 atom stereocenters. The number of ether oxygens (including phenoxy) is 1. The molecule has 1 N–H and O–H groups in total. The number of hydrogen-bond acceptors (Lipinski definition) is 3. The highest BCUT2D eigenvalue weighted by Gasteiger charge is 2.37. The number of piperidine rings is 1. The molecule has 4 heterocycles. The summed E-state index contributed by atoms with van der Waals surface area (Å²) < 4.78 is 8.49. The predicted molar refractivity (Wildman–Crippen MR) is 99.1 cm³/mol. The van der Waals surface area contributed by atoms with Crippen molar-refractivity contribution >= 4 is 5.52 Å². The van der Waals surface area contributed by atoms with E-state index in [0.29, 0.717) is 0 Å². The zero-order valence-corrected chi connectivity index (χ0v) is 14.6. The number of nitrogens with zero attached hydrogens (tertiary/aromatic N) is 2. The molecular formula is C21H23N3O. The lowest BCUT2D eigenvalue weighted by Crippen LogP contribution is -2.48. The largest absolute Gasteiger partial charge is 0.487 e. The number of aryl methyl sites for hydroxylation is 2. The molecular weight excluding hydrogens is 310 g/mol. The summed E-state index contributed by atoms with van der Waals surface area (Å²) in [6.07, 6.45) is 6.31. The number of nitrogens with one attached hydrogen (secondary N) is 1. The quantitative estimate of drug-likeness (QED) is 0.737. The molecule has 5 rings (SSSR count). The number of pyridine rings is 1. The van der Waals surface area contributed by atoms with Crippen LogP contribution in [0.1, 0.15) is 30.5 Å². The molecule has 2 aromatic heterocycles. The lowest BCUT2D eigenvalue weighted by atomic mass is 9.83. The lowest BCUT2D eigenvalue weighted by Gasteiger charge is -2.41. The van der Waals surface area contributed by atoms with Crippen molar-refractivity contribution in [3.8, 4) is 16.9 Å². The molecule has 4 heteroatoms. The smallest absolute Gasteiger partial charge is 0.123 e. The molecule has 1 fully saturated rings. The van der Waals surface area contributed by atoms with Gasteiger partial charge in [0.2, 0.25) is 0 Å². The van der Waals surface area contributed by atoms with Gasteiger partial charge in [-0.1, -0.05) is 12.1 Å². The minimum Gasteiger partial charge on any atom is -0.487 e. The van der Waals surface area contributed by atoms with Crippen LogP contribution in [0.5, 0.6) is 5.75 Å². The molecule has 2 aliphatic rings. The molecule has 4 nitrogen and oxygen atoms in total. The van der Waals surface area contributed by atoms with E-state index < -0.39 is 0 Å². The Morgan fingerprint density at radius 3 is 2.84 bits per heavy atom. The van der Waals surface area contributed by atoms with Crippen LogP contribution in [0.2, 0.25) is 0 Å². The number of aromatic nitrogens is 2. The minimum absolute atomic E-state index is 0.0592. The highest BCUT2D eigenvalue weighted by Crippen LogP contribution is 2.40. The molecule has 1 saturated heterocycles. The van der Waals surface area contributed by atoms with Gasteiger partial charge in [-0.25, -0.2) is 4.52 Å². The second-order valence-corrected chi connectivity index (χ2v) is 7.36. The van der Waals surface area contributed by atoms with E-state index in [1.54, 1.807) is 0 Å². The van der Waals surface area contributed by atoms with Crippen LogP contribution in [-0.4, -0.2) is 28.3 Å². The molecule has 0 amide bonds. The third-order valence-corrected chi connectivity index (χ3v) is 5.86. The van der Waals surface area contributed by atoms with Crippen LogP contribution in [0.3, 0.4) is 0 Å². The SMILES string of the molecule is Cc1c(-c2ccc3c(c2)CCC2(CCNCC2)O3)ccc2ccnn12. The first-order valence-electron chi connectivity index (χ1n) is 9.21. The molecule has 1 aromatic carbocycles. The van der Waals surface area contributed by atoms with Crippen molar-refractivity contribution in [1.82, 2.24) is 14.9 Å². The van der Waals surface area contributed by atoms with Gasteiger partial charge in [-0.15, -0.1) is 0 Å². The average molecular weight is 333 g/mol. The second kappa shape index (κ2) is 5.60. The normalized spacial score (nSPS) is 18.9. The van der Waals surface area contributed by atoms with Crippen molar-refractivity contribution in [1.29, 1.82) is 0 Å². The van der Waals surface area contributed by atoms with E-state index in [4.69, 9.17) is 4.74 Å². The first kappa shape index (κ1) is 15.0. The first-order valence-corrected chi connectivity index (χ1v) is 9.21. The molecule has 0 saturated carbocycles. The molecule has 0 aliphatic carbocycles. The summed E-state index contributed by atoms with van der Waals surface area (Å²) in [5.74, 6) is 1.08. The molecule has 0 radical (unpaired) electrons. The Bertz CT molecular complexity index is 937. The van der Waals surface area contributed by atoms with Gasteiger partial charge in [0, 0.05) is 17.5 Å². The van der Waals surface area contributed by atoms with E-state index >= 15 is 0 Å². The summed E-state index contributed by atoms with van der Waals surface area (Å²) in [5, 5.41) is 7.88. The van der Waals surface area contributed by atoms with Gasteiger partial charge in [0.25, 0.3) is 0 Å². The fourth-order valence-corrected chi connectivity index (χ4v) is 4.35. The van der Waals surface area contributed by atoms with Gasteiger partial charge in [-0.2, -0.15) is 5.10 Å². The standard InChI is InChI=1S/C21H23N3O/c1-15-19(4-3-18-7-11-23-24(15)18)16-2-5-20-17(14-16)6-8-21(25-20)9-12-22-13-10-21/h2-5,7,11,14,22H,6,8-10,12-13H2,1H3. The fourth-order valence-electron chi connectivity index (χ4n) is 4.35. The topological polar surface area (TPSA) is 38.6 Å². The number of hydrogen-bond donors (Lipinski definition) is 1. The predicted octanol–water partition coefficient (Wildman–Crippen LogP) is 3.76.